The quantitative estimate of drug-likeness (QED) is 0.816. The highest BCUT2D eigenvalue weighted by Gasteiger charge is 2.46. The van der Waals surface area contributed by atoms with Gasteiger partial charge in [-0.2, -0.15) is 0 Å². The number of nitrogens with zero attached hydrogens (tertiary/aromatic N) is 1. The second-order valence-corrected chi connectivity index (χ2v) is 7.60. The molecule has 2 bridgehead atoms. The van der Waals surface area contributed by atoms with Crippen LogP contribution in [0.5, 0.6) is 11.5 Å². The van der Waals surface area contributed by atoms with Gasteiger partial charge in [-0.1, -0.05) is 0 Å². The molecule has 7 nitrogen and oxygen atoms in total. The average molecular weight is 374 g/mol. The van der Waals surface area contributed by atoms with Crippen LogP contribution in [0.15, 0.2) is 18.2 Å². The summed E-state index contributed by atoms with van der Waals surface area (Å²) in [6.45, 7) is 1.68. The van der Waals surface area contributed by atoms with Crippen LogP contribution in [0, 0.1) is 11.8 Å². The molecule has 2 amide bonds. The van der Waals surface area contributed by atoms with Gasteiger partial charge in [0.2, 0.25) is 5.91 Å². The maximum absolute atomic E-state index is 13.0. The van der Waals surface area contributed by atoms with E-state index in [0.717, 1.165) is 6.54 Å². The van der Waals surface area contributed by atoms with Crippen molar-refractivity contribution in [3.63, 3.8) is 0 Å². The van der Waals surface area contributed by atoms with Crippen LogP contribution in [0.3, 0.4) is 0 Å². The topological polar surface area (TPSA) is 77.1 Å². The van der Waals surface area contributed by atoms with Gasteiger partial charge < -0.3 is 24.4 Å². The van der Waals surface area contributed by atoms with Gasteiger partial charge in [-0.3, -0.25) is 9.59 Å². The number of fused-ring (bicyclic) bond motifs is 2. The Labute approximate surface area is 158 Å². The largest absolute Gasteiger partial charge is 0.497 e. The van der Waals surface area contributed by atoms with E-state index in [1.807, 2.05) is 0 Å². The maximum atomic E-state index is 13.0. The van der Waals surface area contributed by atoms with Gasteiger partial charge in [0.1, 0.15) is 11.5 Å². The van der Waals surface area contributed by atoms with Gasteiger partial charge in [-0.25, -0.2) is 0 Å². The summed E-state index contributed by atoms with van der Waals surface area (Å²) in [4.78, 5) is 27.3. The van der Waals surface area contributed by atoms with Crippen LogP contribution in [0.1, 0.15) is 29.6 Å². The molecule has 3 fully saturated rings. The molecule has 0 spiro atoms. The maximum Gasteiger partial charge on any atom is 0.257 e. The Bertz CT molecular complexity index is 733. The number of hydrogen-bond acceptors (Lipinski definition) is 5. The summed E-state index contributed by atoms with van der Waals surface area (Å²) in [5, 5.41) is 3.05. The molecule has 3 unspecified atom stereocenters. The SMILES string of the molecule is COc1ccc(C(=O)N2CC3CC(C(=O)NCC4CC4)C(C2)O3)c(OC)c1. The zero-order valence-electron chi connectivity index (χ0n) is 15.8. The fourth-order valence-electron chi connectivity index (χ4n) is 3.94. The van der Waals surface area contributed by atoms with Crippen molar-refractivity contribution in [1.29, 1.82) is 0 Å². The van der Waals surface area contributed by atoms with E-state index in [-0.39, 0.29) is 29.9 Å². The van der Waals surface area contributed by atoms with Crippen LogP contribution in [-0.2, 0) is 9.53 Å². The summed E-state index contributed by atoms with van der Waals surface area (Å²) in [5.41, 5.74) is 0.495. The molecule has 2 saturated heterocycles. The standard InChI is InChI=1S/C20H26N2O5/c1-25-13-5-6-15(17(8-13)26-2)20(24)22-10-14-7-16(18(11-22)27-14)19(23)21-9-12-3-4-12/h5-6,8,12,14,16,18H,3-4,7,9-11H2,1-2H3,(H,21,23). The van der Waals surface area contributed by atoms with Crippen LogP contribution < -0.4 is 14.8 Å². The highest BCUT2D eigenvalue weighted by atomic mass is 16.5. The van der Waals surface area contributed by atoms with Gasteiger partial charge in [0, 0.05) is 25.7 Å². The van der Waals surface area contributed by atoms with Crippen LogP contribution in [0.4, 0.5) is 0 Å². The molecule has 2 heterocycles. The summed E-state index contributed by atoms with van der Waals surface area (Å²) in [6, 6.07) is 5.17. The Morgan fingerprint density at radius 2 is 2.04 bits per heavy atom. The third-order valence-corrected chi connectivity index (χ3v) is 5.68. The lowest BCUT2D eigenvalue weighted by atomic mass is 9.99. The van der Waals surface area contributed by atoms with E-state index in [4.69, 9.17) is 14.2 Å². The Morgan fingerprint density at radius 1 is 1.22 bits per heavy atom. The fourth-order valence-corrected chi connectivity index (χ4v) is 3.94. The Balaban J connectivity index is 1.44. The molecule has 1 aromatic rings. The van der Waals surface area contributed by atoms with Crippen molar-refractivity contribution in [3.05, 3.63) is 23.8 Å². The number of ether oxygens (including phenoxy) is 3. The van der Waals surface area contributed by atoms with Gasteiger partial charge in [-0.05, 0) is 37.3 Å². The third-order valence-electron chi connectivity index (χ3n) is 5.68. The number of nitrogens with one attached hydrogen (secondary N) is 1. The average Bonchev–Trinajstić information content (AvgIpc) is 3.48. The molecule has 1 saturated carbocycles. The molecule has 27 heavy (non-hydrogen) atoms. The minimum Gasteiger partial charge on any atom is -0.497 e. The minimum atomic E-state index is -0.240. The molecule has 2 aliphatic heterocycles. The number of carbonyl (C=O) groups excluding carboxylic acids is 2. The molecule has 1 aliphatic carbocycles. The predicted octanol–water partition coefficient (Wildman–Crippen LogP) is 1.46. The van der Waals surface area contributed by atoms with Crippen molar-refractivity contribution in [2.45, 2.75) is 31.5 Å². The summed E-state index contributed by atoms with van der Waals surface area (Å²) in [5.74, 6) is 1.55. The number of hydrogen-bond donors (Lipinski definition) is 1. The van der Waals surface area contributed by atoms with E-state index in [1.54, 1.807) is 30.2 Å². The number of rotatable bonds is 6. The summed E-state index contributed by atoms with van der Waals surface area (Å²) >= 11 is 0. The van der Waals surface area contributed by atoms with Gasteiger partial charge in [0.05, 0.1) is 37.9 Å². The van der Waals surface area contributed by atoms with E-state index >= 15 is 0 Å². The molecule has 1 aromatic carbocycles. The number of carbonyl (C=O) groups is 2. The highest BCUT2D eigenvalue weighted by Crippen LogP contribution is 2.34. The number of likely N-dealkylation sites (tertiary alicyclic amines) is 1. The van der Waals surface area contributed by atoms with Gasteiger partial charge in [0.25, 0.3) is 5.91 Å². The van der Waals surface area contributed by atoms with Gasteiger partial charge in [-0.15, -0.1) is 0 Å². The van der Waals surface area contributed by atoms with Crippen LogP contribution >= 0.6 is 0 Å². The van der Waals surface area contributed by atoms with Crippen molar-refractivity contribution >= 4 is 11.8 Å². The van der Waals surface area contributed by atoms with Gasteiger partial charge >= 0.3 is 0 Å². The van der Waals surface area contributed by atoms with Gasteiger partial charge in [0.15, 0.2) is 0 Å². The molecule has 3 atom stereocenters. The second-order valence-electron chi connectivity index (χ2n) is 7.60. The fraction of sp³-hybridized carbons (Fsp3) is 0.600. The van der Waals surface area contributed by atoms with Crippen LogP contribution in [-0.4, -0.2) is 62.8 Å². The number of benzene rings is 1. The molecule has 3 aliphatic rings. The zero-order chi connectivity index (χ0) is 19.0. The first kappa shape index (κ1) is 18.1. The summed E-state index contributed by atoms with van der Waals surface area (Å²) in [6.07, 6.45) is 2.76. The van der Waals surface area contributed by atoms with Crippen LogP contribution in [0.2, 0.25) is 0 Å². The van der Waals surface area contributed by atoms with Crippen molar-refractivity contribution < 1.29 is 23.8 Å². The first-order chi connectivity index (χ1) is 13.1. The van der Waals surface area contributed by atoms with Crippen molar-refractivity contribution in [2.24, 2.45) is 11.8 Å². The molecule has 146 valence electrons. The monoisotopic (exact) mass is 374 g/mol. The molecule has 4 rings (SSSR count). The highest BCUT2D eigenvalue weighted by molar-refractivity contribution is 5.97. The molecule has 1 N–H and O–H groups in total. The van der Waals surface area contributed by atoms with E-state index < -0.39 is 0 Å². The zero-order valence-corrected chi connectivity index (χ0v) is 15.8. The third kappa shape index (κ3) is 3.74. The minimum absolute atomic E-state index is 0.0609. The lowest BCUT2D eigenvalue weighted by molar-refractivity contribution is -0.127. The normalized spacial score (nSPS) is 26.6. The lowest BCUT2D eigenvalue weighted by Gasteiger charge is -2.33. The van der Waals surface area contributed by atoms with E-state index in [9.17, 15) is 9.59 Å². The lowest BCUT2D eigenvalue weighted by Crippen LogP contribution is -2.48. The summed E-state index contributed by atoms with van der Waals surface area (Å²) < 4.78 is 16.5. The Kier molecular flexibility index (Phi) is 4.95. The second kappa shape index (κ2) is 7.38. The number of methoxy groups -OCH3 is 2. The summed E-state index contributed by atoms with van der Waals surface area (Å²) in [7, 11) is 3.11. The van der Waals surface area contributed by atoms with Crippen molar-refractivity contribution in [3.8, 4) is 11.5 Å². The molecule has 0 radical (unpaired) electrons. The van der Waals surface area contributed by atoms with Crippen LogP contribution in [0.25, 0.3) is 0 Å². The molecular formula is C20H26N2O5. The van der Waals surface area contributed by atoms with E-state index in [0.29, 0.717) is 42.5 Å². The van der Waals surface area contributed by atoms with E-state index in [1.165, 1.54) is 20.0 Å². The number of amides is 2. The molecule has 7 heteroatoms. The molecular weight excluding hydrogens is 348 g/mol. The number of morpholine rings is 1. The molecule has 0 aromatic heterocycles. The van der Waals surface area contributed by atoms with E-state index in [2.05, 4.69) is 5.32 Å². The Morgan fingerprint density at radius 3 is 2.74 bits per heavy atom. The first-order valence-electron chi connectivity index (χ1n) is 9.53. The Hall–Kier alpha value is -2.28. The first-order valence-corrected chi connectivity index (χ1v) is 9.53. The van der Waals surface area contributed by atoms with Crippen molar-refractivity contribution in [2.75, 3.05) is 33.9 Å². The smallest absolute Gasteiger partial charge is 0.257 e. The van der Waals surface area contributed by atoms with Crippen molar-refractivity contribution in [1.82, 2.24) is 10.2 Å². The predicted molar refractivity (Wildman–Crippen MR) is 98.0 cm³/mol.